The summed E-state index contributed by atoms with van der Waals surface area (Å²) in [5.41, 5.74) is -0.375. The molecule has 2 fully saturated rings. The van der Waals surface area contributed by atoms with Crippen LogP contribution in [-0.2, 0) is 4.74 Å². The fourth-order valence-corrected chi connectivity index (χ4v) is 3.09. The minimum absolute atomic E-state index is 0.124. The second-order valence-corrected chi connectivity index (χ2v) is 6.52. The number of carbonyl (C=O) groups is 1. The van der Waals surface area contributed by atoms with Crippen LogP contribution in [0, 0.1) is 11.8 Å². The zero-order chi connectivity index (χ0) is 12.5. The van der Waals surface area contributed by atoms with Gasteiger partial charge in [-0.25, -0.2) is 4.79 Å². The molecule has 1 saturated carbocycles. The Morgan fingerprint density at radius 2 is 1.76 bits per heavy atom. The molecule has 2 atom stereocenters. The molecule has 0 aromatic rings. The van der Waals surface area contributed by atoms with Gasteiger partial charge in [-0.15, -0.1) is 0 Å². The number of hydrogen-bond acceptors (Lipinski definition) is 2. The fraction of sp³-hybridized carbons (Fsp3) is 0.929. The maximum atomic E-state index is 12.0. The van der Waals surface area contributed by atoms with Gasteiger partial charge >= 0.3 is 6.09 Å². The first-order chi connectivity index (χ1) is 7.96. The van der Waals surface area contributed by atoms with Crippen LogP contribution in [0.15, 0.2) is 0 Å². The highest BCUT2D eigenvalue weighted by Gasteiger charge is 2.34. The molecule has 3 heteroatoms. The van der Waals surface area contributed by atoms with Crippen LogP contribution < -0.4 is 0 Å². The van der Waals surface area contributed by atoms with Gasteiger partial charge < -0.3 is 9.64 Å². The van der Waals surface area contributed by atoms with Crippen molar-refractivity contribution in [2.24, 2.45) is 11.8 Å². The first kappa shape index (κ1) is 12.7. The molecule has 98 valence electrons. The second kappa shape index (κ2) is 4.87. The average Bonchev–Trinajstić information content (AvgIpc) is 2.26. The number of fused-ring (bicyclic) bond motifs is 1. The molecule has 0 N–H and O–H groups in total. The monoisotopic (exact) mass is 239 g/mol. The average molecular weight is 239 g/mol. The number of likely N-dealkylation sites (tertiary alicyclic amines) is 1. The Morgan fingerprint density at radius 3 is 2.41 bits per heavy atom. The van der Waals surface area contributed by atoms with E-state index in [1.165, 1.54) is 32.1 Å². The van der Waals surface area contributed by atoms with Crippen LogP contribution in [0.25, 0.3) is 0 Å². The van der Waals surface area contributed by atoms with E-state index in [1.54, 1.807) is 0 Å². The zero-order valence-corrected chi connectivity index (χ0v) is 11.4. The number of rotatable bonds is 0. The van der Waals surface area contributed by atoms with Crippen molar-refractivity contribution in [3.05, 3.63) is 0 Å². The standard InChI is InChI=1S/C14H25NO2/c1-14(2,3)17-13(16)15-9-8-11-6-4-5-7-12(11)10-15/h11-12H,4-10H2,1-3H3/t11-,12+/m0/s1. The number of ether oxygens (including phenoxy) is 1. The summed E-state index contributed by atoms with van der Waals surface area (Å²) < 4.78 is 5.44. The molecule has 0 aromatic heterocycles. The highest BCUT2D eigenvalue weighted by molar-refractivity contribution is 5.68. The molecule has 1 heterocycles. The lowest BCUT2D eigenvalue weighted by molar-refractivity contribution is 0.00565. The van der Waals surface area contributed by atoms with Crippen LogP contribution in [-0.4, -0.2) is 29.7 Å². The summed E-state index contributed by atoms with van der Waals surface area (Å²) in [5.74, 6) is 1.59. The summed E-state index contributed by atoms with van der Waals surface area (Å²) in [6, 6.07) is 0. The van der Waals surface area contributed by atoms with Gasteiger partial charge in [0.2, 0.25) is 0 Å². The van der Waals surface area contributed by atoms with Crippen molar-refractivity contribution < 1.29 is 9.53 Å². The Labute approximate surface area is 105 Å². The third-order valence-corrected chi connectivity index (χ3v) is 3.94. The maximum Gasteiger partial charge on any atom is 0.410 e. The Bertz CT molecular complexity index is 282. The molecule has 3 nitrogen and oxygen atoms in total. The van der Waals surface area contributed by atoms with Crippen molar-refractivity contribution >= 4 is 6.09 Å². The van der Waals surface area contributed by atoms with Crippen molar-refractivity contribution in [1.82, 2.24) is 4.90 Å². The largest absolute Gasteiger partial charge is 0.444 e. The van der Waals surface area contributed by atoms with Gasteiger partial charge in [-0.3, -0.25) is 0 Å². The molecule has 2 aliphatic rings. The van der Waals surface area contributed by atoms with Gasteiger partial charge in [0.1, 0.15) is 5.60 Å². The highest BCUT2D eigenvalue weighted by atomic mass is 16.6. The molecule has 0 spiro atoms. The van der Waals surface area contributed by atoms with Crippen LogP contribution in [0.3, 0.4) is 0 Å². The molecule has 1 aliphatic heterocycles. The van der Waals surface area contributed by atoms with Crippen molar-refractivity contribution in [2.75, 3.05) is 13.1 Å². The van der Waals surface area contributed by atoms with E-state index < -0.39 is 0 Å². The first-order valence-electron chi connectivity index (χ1n) is 6.93. The molecule has 1 amide bonds. The lowest BCUT2D eigenvalue weighted by Crippen LogP contribution is -2.46. The number of carbonyl (C=O) groups excluding carboxylic acids is 1. The minimum atomic E-state index is -0.375. The SMILES string of the molecule is CC(C)(C)OC(=O)N1CC[C@@H]2CCCC[C@@H]2C1. The van der Waals surface area contributed by atoms with Gasteiger partial charge in [-0.2, -0.15) is 0 Å². The molecule has 2 rings (SSSR count). The van der Waals surface area contributed by atoms with Crippen molar-refractivity contribution in [3.63, 3.8) is 0 Å². The van der Waals surface area contributed by atoms with Crippen molar-refractivity contribution in [1.29, 1.82) is 0 Å². The quantitative estimate of drug-likeness (QED) is 0.648. The van der Waals surface area contributed by atoms with Crippen molar-refractivity contribution in [2.45, 2.75) is 58.5 Å². The maximum absolute atomic E-state index is 12.0. The van der Waals surface area contributed by atoms with Crippen LogP contribution >= 0.6 is 0 Å². The van der Waals surface area contributed by atoms with E-state index in [2.05, 4.69) is 0 Å². The van der Waals surface area contributed by atoms with E-state index in [0.717, 1.165) is 24.9 Å². The Hall–Kier alpha value is -0.730. The Kier molecular flexibility index (Phi) is 3.64. The van der Waals surface area contributed by atoms with E-state index in [-0.39, 0.29) is 11.7 Å². The third-order valence-electron chi connectivity index (χ3n) is 3.94. The first-order valence-corrected chi connectivity index (χ1v) is 6.93. The number of nitrogens with zero attached hydrogens (tertiary/aromatic N) is 1. The highest BCUT2D eigenvalue weighted by Crippen LogP contribution is 2.36. The van der Waals surface area contributed by atoms with E-state index in [1.807, 2.05) is 25.7 Å². The predicted octanol–water partition coefficient (Wildman–Crippen LogP) is 3.43. The fourth-order valence-electron chi connectivity index (χ4n) is 3.09. The van der Waals surface area contributed by atoms with Gasteiger partial charge in [-0.1, -0.05) is 19.3 Å². The van der Waals surface area contributed by atoms with Crippen LogP contribution in [0.5, 0.6) is 0 Å². The predicted molar refractivity (Wildman–Crippen MR) is 67.9 cm³/mol. The number of hydrogen-bond donors (Lipinski definition) is 0. The minimum Gasteiger partial charge on any atom is -0.444 e. The molecule has 0 radical (unpaired) electrons. The summed E-state index contributed by atoms with van der Waals surface area (Å²) in [7, 11) is 0. The Balaban J connectivity index is 1.89. The summed E-state index contributed by atoms with van der Waals surface area (Å²) in [6.45, 7) is 7.59. The van der Waals surface area contributed by atoms with E-state index >= 15 is 0 Å². The zero-order valence-electron chi connectivity index (χ0n) is 11.4. The molecular weight excluding hydrogens is 214 g/mol. The Morgan fingerprint density at radius 1 is 1.12 bits per heavy atom. The summed E-state index contributed by atoms with van der Waals surface area (Å²) in [6.07, 6.45) is 6.43. The van der Waals surface area contributed by atoms with Crippen LogP contribution in [0.1, 0.15) is 52.9 Å². The summed E-state index contributed by atoms with van der Waals surface area (Å²) >= 11 is 0. The molecule has 0 unspecified atom stereocenters. The van der Waals surface area contributed by atoms with Gasteiger partial charge in [0.15, 0.2) is 0 Å². The van der Waals surface area contributed by atoms with Gasteiger partial charge in [0.05, 0.1) is 0 Å². The van der Waals surface area contributed by atoms with Gasteiger partial charge in [-0.05, 0) is 45.4 Å². The van der Waals surface area contributed by atoms with Gasteiger partial charge in [0, 0.05) is 13.1 Å². The normalized spacial score (nSPS) is 29.7. The van der Waals surface area contributed by atoms with E-state index in [0.29, 0.717) is 0 Å². The van der Waals surface area contributed by atoms with E-state index in [4.69, 9.17) is 4.74 Å². The summed E-state index contributed by atoms with van der Waals surface area (Å²) in [4.78, 5) is 13.9. The molecule has 17 heavy (non-hydrogen) atoms. The number of amides is 1. The molecule has 0 bridgehead atoms. The van der Waals surface area contributed by atoms with E-state index in [9.17, 15) is 4.79 Å². The third kappa shape index (κ3) is 3.36. The molecular formula is C14H25NO2. The number of piperidine rings is 1. The van der Waals surface area contributed by atoms with Gasteiger partial charge in [0.25, 0.3) is 0 Å². The molecule has 0 aromatic carbocycles. The molecule has 1 saturated heterocycles. The summed E-state index contributed by atoms with van der Waals surface area (Å²) in [5, 5.41) is 0. The second-order valence-electron chi connectivity index (χ2n) is 6.52. The van der Waals surface area contributed by atoms with Crippen molar-refractivity contribution in [3.8, 4) is 0 Å². The topological polar surface area (TPSA) is 29.5 Å². The van der Waals surface area contributed by atoms with Crippen LogP contribution in [0.4, 0.5) is 4.79 Å². The van der Waals surface area contributed by atoms with Crippen LogP contribution in [0.2, 0.25) is 0 Å². The lowest BCUT2D eigenvalue weighted by atomic mass is 9.75. The molecule has 1 aliphatic carbocycles. The smallest absolute Gasteiger partial charge is 0.410 e. The lowest BCUT2D eigenvalue weighted by Gasteiger charge is -2.41.